The lowest BCUT2D eigenvalue weighted by Crippen LogP contribution is -2.46. The molecule has 468 valence electrons. The van der Waals surface area contributed by atoms with Crippen molar-refractivity contribution in [1.82, 2.24) is 0 Å². The van der Waals surface area contributed by atoms with Crippen LogP contribution in [0.1, 0.15) is 290 Å². The Morgan fingerprint density at radius 1 is 0.412 bits per heavy atom. The van der Waals surface area contributed by atoms with Gasteiger partial charge in [0.25, 0.3) is 0 Å². The number of allylic oxidation sites excluding steroid dienone is 6. The Morgan fingerprint density at radius 2 is 0.750 bits per heavy atom. The lowest BCUT2D eigenvalue weighted by Gasteiger charge is -2.29. The number of carbonyl (C=O) groups excluding carboxylic acids is 3. The topological polar surface area (TPSA) is 145 Å². The van der Waals surface area contributed by atoms with Crippen LogP contribution in [0.3, 0.4) is 0 Å². The molecule has 12 heteroatoms. The highest BCUT2D eigenvalue weighted by atomic mass is 16.6. The number of rotatable bonds is 62. The van der Waals surface area contributed by atoms with Crippen molar-refractivity contribution in [2.24, 2.45) is 0 Å². The maximum atomic E-state index is 12.7. The third-order valence-electron chi connectivity index (χ3n) is 15.0. The van der Waals surface area contributed by atoms with E-state index in [1.807, 2.05) is 0 Å². The Labute approximate surface area is 490 Å². The number of aliphatic hydroxyl groups excluding tert-OH is 1. The number of hydrogen-bond acceptors (Lipinski definition) is 12. The highest BCUT2D eigenvalue weighted by molar-refractivity contribution is 5.69. The summed E-state index contributed by atoms with van der Waals surface area (Å²) in [5.41, 5.74) is 0. The van der Waals surface area contributed by atoms with Crippen LogP contribution in [0.4, 0.5) is 0 Å². The van der Waals surface area contributed by atoms with Gasteiger partial charge in [-0.2, -0.15) is 0 Å². The number of ether oxygens (including phenoxy) is 8. The molecule has 1 N–H and O–H groups in total. The van der Waals surface area contributed by atoms with E-state index in [9.17, 15) is 19.5 Å². The Kier molecular flexibility index (Phi) is 57.5. The summed E-state index contributed by atoms with van der Waals surface area (Å²) in [7, 11) is 0. The smallest absolute Gasteiger partial charge is 0.305 e. The van der Waals surface area contributed by atoms with Crippen LogP contribution in [0.2, 0.25) is 0 Å². The Bertz CT molecular complexity index is 1430. The third-order valence-corrected chi connectivity index (χ3v) is 15.0. The molecule has 80 heavy (non-hydrogen) atoms. The molecule has 1 aliphatic rings. The summed E-state index contributed by atoms with van der Waals surface area (Å²) < 4.78 is 47.4. The lowest BCUT2D eigenvalue weighted by molar-refractivity contribution is -0.158. The van der Waals surface area contributed by atoms with Gasteiger partial charge in [0.2, 0.25) is 0 Å². The van der Waals surface area contributed by atoms with Gasteiger partial charge < -0.3 is 43.0 Å². The summed E-state index contributed by atoms with van der Waals surface area (Å²) in [6, 6.07) is 0. The molecule has 0 aromatic rings. The molecule has 0 aromatic heterocycles. The van der Waals surface area contributed by atoms with Crippen molar-refractivity contribution < 1.29 is 57.4 Å². The van der Waals surface area contributed by atoms with Gasteiger partial charge in [0.1, 0.15) is 44.2 Å². The molecule has 12 nitrogen and oxygen atoms in total. The highest BCUT2D eigenvalue weighted by Gasteiger charge is 2.44. The van der Waals surface area contributed by atoms with Gasteiger partial charge in [-0.1, -0.05) is 211 Å². The average Bonchev–Trinajstić information content (AvgIpc) is 3.87. The average molecular weight is 1130 g/mol. The van der Waals surface area contributed by atoms with Crippen molar-refractivity contribution in [1.29, 1.82) is 0 Å². The van der Waals surface area contributed by atoms with E-state index in [1.54, 1.807) is 0 Å². The van der Waals surface area contributed by atoms with E-state index in [2.05, 4.69) is 57.2 Å². The van der Waals surface area contributed by atoms with Gasteiger partial charge in [-0.25, -0.2) is 0 Å². The fourth-order valence-corrected chi connectivity index (χ4v) is 10.1. The van der Waals surface area contributed by atoms with Gasteiger partial charge in [-0.15, -0.1) is 0 Å². The van der Waals surface area contributed by atoms with Crippen molar-refractivity contribution in [3.63, 3.8) is 0 Å². The van der Waals surface area contributed by atoms with E-state index < -0.39 is 24.4 Å². The van der Waals surface area contributed by atoms with E-state index in [1.165, 1.54) is 167 Å². The summed E-state index contributed by atoms with van der Waals surface area (Å²) in [4.78, 5) is 37.9. The molecular formula is C68H124O12. The van der Waals surface area contributed by atoms with Crippen LogP contribution in [0.25, 0.3) is 0 Å². The monoisotopic (exact) mass is 1130 g/mol. The summed E-state index contributed by atoms with van der Waals surface area (Å²) in [6.45, 7) is 7.66. The second-order valence-corrected chi connectivity index (χ2v) is 22.4. The molecule has 1 unspecified atom stereocenters. The Hall–Kier alpha value is -2.61. The molecule has 1 saturated heterocycles. The molecule has 1 rings (SSSR count). The van der Waals surface area contributed by atoms with Crippen LogP contribution >= 0.6 is 0 Å². The molecule has 0 radical (unpaired) electrons. The molecule has 0 amide bonds. The van der Waals surface area contributed by atoms with Crippen LogP contribution < -0.4 is 0 Å². The van der Waals surface area contributed by atoms with Crippen molar-refractivity contribution >= 4 is 17.9 Å². The molecule has 1 aliphatic heterocycles. The minimum absolute atomic E-state index is 0.0731. The maximum absolute atomic E-state index is 12.7. The predicted octanol–water partition coefficient (Wildman–Crippen LogP) is 17.3. The first-order valence-corrected chi connectivity index (χ1v) is 33.5. The summed E-state index contributed by atoms with van der Waals surface area (Å²) in [6.07, 6.45) is 59.5. The molecule has 1 heterocycles. The largest absolute Gasteiger partial charge is 0.463 e. The van der Waals surface area contributed by atoms with E-state index >= 15 is 0 Å². The Balaban J connectivity index is 2.55. The third kappa shape index (κ3) is 50.0. The van der Waals surface area contributed by atoms with Gasteiger partial charge in [0.15, 0.2) is 0 Å². The summed E-state index contributed by atoms with van der Waals surface area (Å²) in [5.74, 6) is -0.717. The number of carbonyl (C=O) groups is 3. The first-order valence-electron chi connectivity index (χ1n) is 33.5. The zero-order chi connectivity index (χ0) is 57.7. The lowest BCUT2D eigenvalue weighted by atomic mass is 10.1. The molecular weight excluding hydrogens is 1010 g/mol. The SMILES string of the molecule is CCCCCCCC/C=C/CCCCCCCC(=O)OCCOCC(OCCOC(=O)CCCCCCC/C=C/CCCCCCCC)[C@H]1OC[C@@H](OCCO)[C@@H]1OCCOC(=O)CCCCCCC/C=C/CCCCCCCC. The first-order chi connectivity index (χ1) is 39.5. The highest BCUT2D eigenvalue weighted by Crippen LogP contribution is 2.26. The second-order valence-electron chi connectivity index (χ2n) is 22.4. The summed E-state index contributed by atoms with van der Waals surface area (Å²) >= 11 is 0. The number of aliphatic hydroxyl groups is 1. The molecule has 0 saturated carbocycles. The van der Waals surface area contributed by atoms with Crippen molar-refractivity contribution in [2.75, 3.05) is 66.1 Å². The zero-order valence-corrected chi connectivity index (χ0v) is 52.0. The van der Waals surface area contributed by atoms with Gasteiger partial charge in [-0.3, -0.25) is 14.4 Å². The number of unbranched alkanes of at least 4 members (excludes halogenated alkanes) is 33. The van der Waals surface area contributed by atoms with E-state index in [0.717, 1.165) is 83.5 Å². The normalized spacial score (nSPS) is 16.0. The van der Waals surface area contributed by atoms with Crippen molar-refractivity contribution in [3.05, 3.63) is 36.5 Å². The molecule has 0 bridgehead atoms. The fourth-order valence-electron chi connectivity index (χ4n) is 10.1. The van der Waals surface area contributed by atoms with Crippen LogP contribution in [0.5, 0.6) is 0 Å². The van der Waals surface area contributed by atoms with E-state index in [-0.39, 0.29) is 84.0 Å². The molecule has 0 spiro atoms. The molecule has 1 fully saturated rings. The van der Waals surface area contributed by atoms with Crippen molar-refractivity contribution in [2.45, 2.75) is 315 Å². The van der Waals surface area contributed by atoms with Gasteiger partial charge in [0, 0.05) is 19.3 Å². The standard InChI is InChI=1S/C68H124O12/c1-4-7-10-13-16-19-22-25-28-31-34-37-40-43-46-49-64(70)76-55-54-73-60-62(75-56-57-77-65(71)50-47-44-41-38-35-32-29-26-23-20-17-14-11-8-5-2)68-67(63(61-80-68)74-53-52-69)79-59-58-78-66(72)51-48-45-42-39-36-33-30-27-24-21-18-15-12-9-6-3/h25-30,62-63,67-69H,4-24,31-61H2,1-3H3/b28-25+,29-26+,30-27+/t62?,63-,67+,68-/m1/s1. The summed E-state index contributed by atoms with van der Waals surface area (Å²) in [5, 5.41) is 9.58. The van der Waals surface area contributed by atoms with Gasteiger partial charge in [0.05, 0.1) is 46.2 Å². The quantitative estimate of drug-likeness (QED) is 0.0268. The maximum Gasteiger partial charge on any atom is 0.305 e. The van der Waals surface area contributed by atoms with E-state index in [0.29, 0.717) is 19.3 Å². The fraction of sp³-hybridized carbons (Fsp3) is 0.868. The van der Waals surface area contributed by atoms with Gasteiger partial charge in [-0.05, 0) is 96.3 Å². The van der Waals surface area contributed by atoms with Crippen LogP contribution in [-0.4, -0.2) is 113 Å². The van der Waals surface area contributed by atoms with Crippen LogP contribution in [-0.2, 0) is 52.3 Å². The molecule has 0 aromatic carbocycles. The van der Waals surface area contributed by atoms with Gasteiger partial charge >= 0.3 is 17.9 Å². The number of esters is 3. The van der Waals surface area contributed by atoms with Crippen LogP contribution in [0.15, 0.2) is 36.5 Å². The predicted molar refractivity (Wildman–Crippen MR) is 328 cm³/mol. The van der Waals surface area contributed by atoms with Crippen LogP contribution in [0, 0.1) is 0 Å². The second kappa shape index (κ2) is 61.0. The molecule has 0 aliphatic carbocycles. The number of hydrogen-bond donors (Lipinski definition) is 1. The first kappa shape index (κ1) is 75.4. The Morgan fingerprint density at radius 3 is 1.12 bits per heavy atom. The van der Waals surface area contributed by atoms with Crippen molar-refractivity contribution in [3.8, 4) is 0 Å². The molecule has 4 atom stereocenters. The minimum atomic E-state index is -0.651. The zero-order valence-electron chi connectivity index (χ0n) is 52.0. The minimum Gasteiger partial charge on any atom is -0.463 e. The van der Waals surface area contributed by atoms with E-state index in [4.69, 9.17) is 37.9 Å².